The van der Waals surface area contributed by atoms with Crippen molar-refractivity contribution in [1.29, 1.82) is 0 Å². The van der Waals surface area contributed by atoms with Crippen LogP contribution in [0, 0.1) is 0 Å². The molecular weight excluding hydrogens is 649 g/mol. The molecule has 2 N–H and O–H groups in total. The molecule has 4 aromatic rings. The minimum absolute atomic E-state index is 0.0535. The number of rotatable bonds is 10. The van der Waals surface area contributed by atoms with Crippen LogP contribution in [0.5, 0.6) is 5.75 Å². The topological polar surface area (TPSA) is 105 Å². The van der Waals surface area contributed by atoms with Gasteiger partial charge in [-0.25, -0.2) is 4.79 Å². The number of nitrogens with one attached hydrogen (secondary N) is 2. The Bertz CT molecular complexity index is 1900. The second-order valence-corrected chi connectivity index (χ2v) is 13.1. The number of fused-ring (bicyclic) bond motifs is 2. The lowest BCUT2D eigenvalue weighted by Crippen LogP contribution is -2.48. The number of aromatic amines is 1. The monoisotopic (exact) mass is 702 g/mol. The lowest BCUT2D eigenvalue weighted by atomic mass is 9.76. The van der Waals surface area contributed by atoms with Gasteiger partial charge in [-0.3, -0.25) is 24.2 Å². The van der Waals surface area contributed by atoms with Crippen LogP contribution in [0.1, 0.15) is 61.8 Å². The van der Waals surface area contributed by atoms with Crippen molar-refractivity contribution in [3.8, 4) is 5.75 Å². The molecule has 2 aromatic heterocycles. The molecule has 2 aliphatic rings. The molecule has 2 atom stereocenters. The van der Waals surface area contributed by atoms with Crippen molar-refractivity contribution >= 4 is 23.2 Å². The molecule has 274 valence electrons. The highest BCUT2D eigenvalue weighted by Gasteiger charge is 2.32. The number of aliphatic imine (C=N–C) groups is 1. The molecule has 9 nitrogen and oxygen atoms in total. The number of methoxy groups -OCH3 is 1. The van der Waals surface area contributed by atoms with Crippen LogP contribution in [-0.2, 0) is 17.6 Å². The highest BCUT2D eigenvalue weighted by Crippen LogP contribution is 2.36. The zero-order valence-electron chi connectivity index (χ0n) is 31.1. The molecule has 1 fully saturated rings. The summed E-state index contributed by atoms with van der Waals surface area (Å²) < 4.78 is 7.36. The first-order valence-electron chi connectivity index (χ1n) is 18.0. The molecule has 2 unspecified atom stereocenters. The molecule has 0 saturated carbocycles. The number of nitrogens with zero attached hydrogens (tertiary/aromatic N) is 4. The van der Waals surface area contributed by atoms with E-state index in [0.29, 0.717) is 6.54 Å². The van der Waals surface area contributed by atoms with E-state index in [2.05, 4.69) is 56.5 Å². The average Bonchev–Trinajstić information content (AvgIpc) is 3.49. The summed E-state index contributed by atoms with van der Waals surface area (Å²) >= 11 is 0. The van der Waals surface area contributed by atoms with Crippen molar-refractivity contribution in [2.45, 2.75) is 64.0 Å². The number of pyridine rings is 1. The maximum Gasteiger partial charge on any atom is 0.326 e. The maximum absolute atomic E-state index is 13.3. The predicted molar refractivity (Wildman–Crippen MR) is 215 cm³/mol. The highest BCUT2D eigenvalue weighted by molar-refractivity contribution is 5.78. The molecule has 9 heteroatoms. The summed E-state index contributed by atoms with van der Waals surface area (Å²) in [5.74, 6) is 1.11. The third-order valence-electron chi connectivity index (χ3n) is 9.34. The quantitative estimate of drug-likeness (QED) is 0.133. The number of aromatic nitrogens is 3. The second kappa shape index (κ2) is 20.5. The van der Waals surface area contributed by atoms with Gasteiger partial charge in [0.2, 0.25) is 5.91 Å². The number of piperidine rings is 1. The van der Waals surface area contributed by atoms with Crippen LogP contribution in [0.2, 0.25) is 0 Å². The van der Waals surface area contributed by atoms with Gasteiger partial charge in [-0.2, -0.15) is 0 Å². The Morgan fingerprint density at radius 3 is 2.56 bits per heavy atom. The van der Waals surface area contributed by atoms with Gasteiger partial charge < -0.3 is 15.0 Å². The smallest absolute Gasteiger partial charge is 0.326 e. The van der Waals surface area contributed by atoms with E-state index >= 15 is 0 Å². The minimum Gasteiger partial charge on any atom is -0.497 e. The fourth-order valence-corrected chi connectivity index (χ4v) is 6.87. The number of ether oxygens (including phenoxy) is 1. The number of carbonyl (C=O) groups excluding carboxylic acids is 1. The Morgan fingerprint density at radius 2 is 1.90 bits per heavy atom. The van der Waals surface area contributed by atoms with Gasteiger partial charge in [0.25, 0.3) is 0 Å². The lowest BCUT2D eigenvalue weighted by molar-refractivity contribution is -0.123. The van der Waals surface area contributed by atoms with Crippen molar-refractivity contribution in [3.05, 3.63) is 143 Å². The number of para-hydroxylation sites is 2. The number of hydrogen-bond donors (Lipinski definition) is 2. The summed E-state index contributed by atoms with van der Waals surface area (Å²) in [7, 11) is 3.44. The van der Waals surface area contributed by atoms with Crippen LogP contribution in [0.15, 0.2) is 126 Å². The molecule has 0 radical (unpaired) electrons. The van der Waals surface area contributed by atoms with Crippen molar-refractivity contribution in [3.63, 3.8) is 0 Å². The molecule has 52 heavy (non-hydrogen) atoms. The van der Waals surface area contributed by atoms with Gasteiger partial charge in [0, 0.05) is 56.7 Å². The van der Waals surface area contributed by atoms with Crippen LogP contribution in [-0.4, -0.2) is 71.4 Å². The number of benzene rings is 2. The Kier molecular flexibility index (Phi) is 15.6. The second-order valence-electron chi connectivity index (χ2n) is 13.1. The highest BCUT2D eigenvalue weighted by atomic mass is 16.5. The first-order chi connectivity index (χ1) is 25.3. The summed E-state index contributed by atoms with van der Waals surface area (Å²) in [4.78, 5) is 39.1. The summed E-state index contributed by atoms with van der Waals surface area (Å²) in [6.07, 6.45) is 19.1. The van der Waals surface area contributed by atoms with Crippen molar-refractivity contribution < 1.29 is 9.53 Å². The number of imidazole rings is 1. The molecule has 3 heterocycles. The van der Waals surface area contributed by atoms with Crippen molar-refractivity contribution in [2.24, 2.45) is 4.99 Å². The molecule has 2 aromatic carbocycles. The van der Waals surface area contributed by atoms with E-state index in [9.17, 15) is 9.59 Å². The van der Waals surface area contributed by atoms with Gasteiger partial charge >= 0.3 is 5.69 Å². The number of likely N-dealkylation sites (tertiary alicyclic amines) is 1. The average molecular weight is 703 g/mol. The summed E-state index contributed by atoms with van der Waals surface area (Å²) in [6, 6.07) is 18.4. The molecule has 1 saturated heterocycles. The van der Waals surface area contributed by atoms with Crippen LogP contribution in [0.4, 0.5) is 0 Å². The van der Waals surface area contributed by atoms with Crippen molar-refractivity contribution in [2.75, 3.05) is 33.8 Å². The van der Waals surface area contributed by atoms with Gasteiger partial charge in [-0.05, 0) is 99.0 Å². The summed E-state index contributed by atoms with van der Waals surface area (Å²) in [6.45, 7) is 13.0. The molecular formula is C43H54N6O3. The molecule has 0 bridgehead atoms. The molecule has 6 rings (SSSR count). The van der Waals surface area contributed by atoms with E-state index in [-0.39, 0.29) is 29.6 Å². The maximum atomic E-state index is 13.3. The van der Waals surface area contributed by atoms with E-state index in [1.807, 2.05) is 85.3 Å². The van der Waals surface area contributed by atoms with Crippen molar-refractivity contribution in [1.82, 2.24) is 24.8 Å². The van der Waals surface area contributed by atoms with Gasteiger partial charge in [-0.1, -0.05) is 67.3 Å². The van der Waals surface area contributed by atoms with Crippen LogP contribution in [0.25, 0.3) is 11.0 Å². The van der Waals surface area contributed by atoms with Crippen LogP contribution >= 0.6 is 0 Å². The normalized spacial score (nSPS) is 17.6. The van der Waals surface area contributed by atoms with E-state index in [4.69, 9.17) is 4.74 Å². The Labute approximate surface area is 308 Å². The Hall–Kier alpha value is -5.28. The van der Waals surface area contributed by atoms with E-state index < -0.39 is 0 Å². The van der Waals surface area contributed by atoms with Gasteiger partial charge in [0.1, 0.15) is 5.75 Å². The first-order valence-corrected chi connectivity index (χ1v) is 18.0. The fourth-order valence-electron chi connectivity index (χ4n) is 6.87. The molecule has 1 amide bonds. The summed E-state index contributed by atoms with van der Waals surface area (Å²) in [5.41, 5.74) is 6.56. The standard InChI is InChI=1S/C31H35N5O3.C7H11N.C5H8/c1-39-24-9-10-25-22(18-24)8-11-27(26(25)17-21-5-4-14-32-19-21)33-30(37)20-35-15-12-23(13-16-35)36-29-7-3-2-6-28(29)34-31(36)38;1-7(2)5-4-6-8-3;1-3-5-4-2/h2-7,9-10,14,18-19,23,26-27H,8,11-13,15-17,20H2,1H3,(H,33,37)(H,34,38);4-6H,1H2,2-3H3;3-5H,1H2,2H3/b;5-4-,8-6?;5-4-. The van der Waals surface area contributed by atoms with E-state index in [1.165, 1.54) is 16.7 Å². The fraction of sp³-hybridized carbons (Fsp3) is 0.349. The largest absolute Gasteiger partial charge is 0.497 e. The SMILES string of the molecule is C=C(C)/C=C\C=NC.C=C/C=C\C.COc1ccc2c(c1)CCC(NC(=O)CN1CCC(n3c(=O)[nH]c4ccccc43)CC1)C2Cc1cccnc1. The molecule has 1 aliphatic carbocycles. The number of amides is 1. The van der Waals surface area contributed by atoms with Gasteiger partial charge in [0.15, 0.2) is 0 Å². The Morgan fingerprint density at radius 1 is 1.12 bits per heavy atom. The van der Waals surface area contributed by atoms with Crippen LogP contribution in [0.3, 0.4) is 0 Å². The number of H-pyrrole nitrogens is 1. The summed E-state index contributed by atoms with van der Waals surface area (Å²) in [5, 5.41) is 3.39. The number of allylic oxidation sites excluding steroid dienone is 6. The number of aryl methyl sites for hydroxylation is 1. The Balaban J connectivity index is 0.000000399. The van der Waals surface area contributed by atoms with Gasteiger partial charge in [-0.15, -0.1) is 0 Å². The number of hydrogen-bond acceptors (Lipinski definition) is 6. The van der Waals surface area contributed by atoms with Gasteiger partial charge in [0.05, 0.1) is 24.7 Å². The van der Waals surface area contributed by atoms with E-state index in [1.54, 1.807) is 32.6 Å². The molecule has 0 spiro atoms. The van der Waals surface area contributed by atoms with E-state index in [0.717, 1.165) is 67.5 Å². The zero-order valence-corrected chi connectivity index (χ0v) is 31.1. The molecule has 1 aliphatic heterocycles. The predicted octanol–water partition coefficient (Wildman–Crippen LogP) is 7.40. The zero-order chi connectivity index (χ0) is 37.3. The first kappa shape index (κ1) is 39.5. The minimum atomic E-state index is -0.0535. The lowest BCUT2D eigenvalue weighted by Gasteiger charge is -2.36. The third kappa shape index (κ3) is 11.4. The van der Waals surface area contributed by atoms with Crippen LogP contribution < -0.4 is 15.7 Å². The third-order valence-corrected chi connectivity index (χ3v) is 9.34. The number of carbonyl (C=O) groups is 1.